The number of hydrogen-bond donors (Lipinski definition) is 4. The molecule has 0 spiro atoms. The van der Waals surface area contributed by atoms with Crippen LogP contribution in [-0.4, -0.2) is 52.4 Å². The molecule has 0 bridgehead atoms. The summed E-state index contributed by atoms with van der Waals surface area (Å²) in [6.45, 7) is 2.37. The second-order valence-electron chi connectivity index (χ2n) is 9.16. The quantitative estimate of drug-likeness (QED) is 0.198. The number of fused-ring (bicyclic) bond motifs is 1. The van der Waals surface area contributed by atoms with Crippen LogP contribution < -0.4 is 21.1 Å². The van der Waals surface area contributed by atoms with Crippen molar-refractivity contribution in [1.29, 1.82) is 0 Å². The number of methoxy groups -OCH3 is 1. The normalized spacial score (nSPS) is 14.8. The van der Waals surface area contributed by atoms with E-state index in [0.29, 0.717) is 36.3 Å². The van der Waals surface area contributed by atoms with Crippen LogP contribution in [0.4, 0.5) is 10.2 Å². The number of nitrogens with one attached hydrogen (secondary N) is 3. The van der Waals surface area contributed by atoms with Gasteiger partial charge in [-0.3, -0.25) is 4.99 Å². The van der Waals surface area contributed by atoms with Crippen molar-refractivity contribution in [1.82, 2.24) is 25.3 Å². The zero-order chi connectivity index (χ0) is 26.3. The summed E-state index contributed by atoms with van der Waals surface area (Å²) in [6, 6.07) is 9.55. The van der Waals surface area contributed by atoms with Crippen LogP contribution in [0.2, 0.25) is 0 Å². The SMILES string of the molecule is COc1ncccc1CNc1ccc(Cc2c[nH]c3ncc(C(C=NC4CCNCC4)=CN)cc23)c(F)n1. The number of nitrogens with two attached hydrogens (primary N) is 1. The fourth-order valence-electron chi connectivity index (χ4n) is 4.54. The fourth-order valence-corrected chi connectivity index (χ4v) is 4.54. The van der Waals surface area contributed by atoms with Crippen molar-refractivity contribution < 1.29 is 9.13 Å². The lowest BCUT2D eigenvalue weighted by Crippen LogP contribution is -2.29. The van der Waals surface area contributed by atoms with Gasteiger partial charge in [0.2, 0.25) is 11.8 Å². The minimum atomic E-state index is -0.525. The summed E-state index contributed by atoms with van der Waals surface area (Å²) < 4.78 is 20.3. The van der Waals surface area contributed by atoms with Gasteiger partial charge in [0.1, 0.15) is 11.5 Å². The molecule has 5 N–H and O–H groups in total. The predicted molar refractivity (Wildman–Crippen MR) is 148 cm³/mol. The Labute approximate surface area is 220 Å². The molecule has 0 radical (unpaired) electrons. The van der Waals surface area contributed by atoms with E-state index in [-0.39, 0.29) is 0 Å². The smallest absolute Gasteiger partial charge is 0.218 e. The van der Waals surface area contributed by atoms with Gasteiger partial charge >= 0.3 is 0 Å². The number of aliphatic imine (C=N–C) groups is 1. The highest BCUT2D eigenvalue weighted by molar-refractivity contribution is 6.10. The molecule has 1 saturated heterocycles. The first-order valence-corrected chi connectivity index (χ1v) is 12.6. The molecule has 10 heteroatoms. The van der Waals surface area contributed by atoms with Crippen LogP contribution in [0.5, 0.6) is 5.88 Å². The van der Waals surface area contributed by atoms with Crippen LogP contribution in [0.1, 0.15) is 35.1 Å². The third-order valence-corrected chi connectivity index (χ3v) is 6.67. The van der Waals surface area contributed by atoms with Gasteiger partial charge in [-0.15, -0.1) is 0 Å². The van der Waals surface area contributed by atoms with Gasteiger partial charge in [0, 0.05) is 71.6 Å². The maximum absolute atomic E-state index is 15.0. The lowest BCUT2D eigenvalue weighted by atomic mass is 10.0. The number of anilines is 1. The van der Waals surface area contributed by atoms with E-state index < -0.39 is 5.95 Å². The van der Waals surface area contributed by atoms with E-state index in [9.17, 15) is 4.39 Å². The Morgan fingerprint density at radius 3 is 2.87 bits per heavy atom. The molecule has 5 heterocycles. The summed E-state index contributed by atoms with van der Waals surface area (Å²) in [7, 11) is 1.57. The number of hydrogen-bond acceptors (Lipinski definition) is 8. The fraction of sp³-hybridized carbons (Fsp3) is 0.286. The molecule has 1 aliphatic rings. The predicted octanol–water partition coefficient (Wildman–Crippen LogP) is 3.83. The number of pyridine rings is 3. The number of aromatic nitrogens is 4. The van der Waals surface area contributed by atoms with Crippen molar-refractivity contribution in [2.45, 2.75) is 31.8 Å². The molecule has 0 aromatic carbocycles. The minimum absolute atomic E-state index is 0.296. The highest BCUT2D eigenvalue weighted by Crippen LogP contribution is 2.25. The monoisotopic (exact) mass is 514 g/mol. The average molecular weight is 515 g/mol. The van der Waals surface area contributed by atoms with Gasteiger partial charge in [-0.1, -0.05) is 12.1 Å². The van der Waals surface area contributed by atoms with Gasteiger partial charge in [-0.2, -0.15) is 4.39 Å². The Hall–Kier alpha value is -4.31. The third-order valence-electron chi connectivity index (χ3n) is 6.67. The van der Waals surface area contributed by atoms with E-state index in [2.05, 4.69) is 30.6 Å². The third kappa shape index (κ3) is 5.81. The van der Waals surface area contributed by atoms with E-state index in [0.717, 1.165) is 59.2 Å². The largest absolute Gasteiger partial charge is 0.481 e. The molecule has 5 rings (SSSR count). The van der Waals surface area contributed by atoms with Gasteiger partial charge in [0.05, 0.1) is 13.2 Å². The number of ether oxygens (including phenoxy) is 1. The number of aromatic amines is 1. The Morgan fingerprint density at radius 1 is 1.21 bits per heavy atom. The summed E-state index contributed by atoms with van der Waals surface area (Å²) in [4.78, 5) is 20.8. The minimum Gasteiger partial charge on any atom is -0.481 e. The zero-order valence-electron chi connectivity index (χ0n) is 21.2. The van der Waals surface area contributed by atoms with Crippen LogP contribution >= 0.6 is 0 Å². The molecule has 0 amide bonds. The Bertz CT molecular complexity index is 1460. The first-order valence-electron chi connectivity index (χ1n) is 12.6. The number of nitrogens with zero attached hydrogens (tertiary/aromatic N) is 4. The summed E-state index contributed by atoms with van der Waals surface area (Å²) in [5.74, 6) is 0.434. The molecular formula is C28H31FN8O. The maximum Gasteiger partial charge on any atom is 0.218 e. The molecule has 4 aromatic rings. The second kappa shape index (κ2) is 11.8. The number of piperidine rings is 1. The molecule has 4 aromatic heterocycles. The number of rotatable bonds is 9. The van der Waals surface area contributed by atoms with E-state index in [4.69, 9.17) is 15.5 Å². The Kier molecular flexibility index (Phi) is 7.89. The molecule has 0 saturated carbocycles. The van der Waals surface area contributed by atoms with Gasteiger partial charge in [0.15, 0.2) is 0 Å². The number of H-pyrrole nitrogens is 1. The van der Waals surface area contributed by atoms with Gasteiger partial charge in [-0.25, -0.2) is 15.0 Å². The molecule has 0 unspecified atom stereocenters. The van der Waals surface area contributed by atoms with Crippen LogP contribution in [0, 0.1) is 5.95 Å². The molecule has 9 nitrogen and oxygen atoms in total. The summed E-state index contributed by atoms with van der Waals surface area (Å²) in [5, 5.41) is 7.39. The average Bonchev–Trinajstić information content (AvgIpc) is 3.36. The van der Waals surface area contributed by atoms with Crippen molar-refractivity contribution in [3.05, 3.63) is 83.3 Å². The van der Waals surface area contributed by atoms with Gasteiger partial charge in [-0.05, 0) is 49.7 Å². The zero-order valence-corrected chi connectivity index (χ0v) is 21.2. The number of allylic oxidation sites excluding steroid dienone is 1. The summed E-state index contributed by atoms with van der Waals surface area (Å²) in [6.07, 6.45) is 11.1. The van der Waals surface area contributed by atoms with Crippen molar-refractivity contribution in [3.8, 4) is 5.88 Å². The van der Waals surface area contributed by atoms with Gasteiger partial charge < -0.3 is 26.1 Å². The lowest BCUT2D eigenvalue weighted by Gasteiger charge is -2.18. The molecular weight excluding hydrogens is 483 g/mol. The Morgan fingerprint density at radius 2 is 2.08 bits per heavy atom. The van der Waals surface area contributed by atoms with Crippen molar-refractivity contribution in [3.63, 3.8) is 0 Å². The highest BCUT2D eigenvalue weighted by Gasteiger charge is 2.14. The molecule has 0 atom stereocenters. The van der Waals surface area contributed by atoms with E-state index in [1.165, 1.54) is 0 Å². The van der Waals surface area contributed by atoms with E-state index in [1.54, 1.807) is 37.8 Å². The molecule has 1 aliphatic heterocycles. The lowest BCUT2D eigenvalue weighted by molar-refractivity contribution is 0.393. The van der Waals surface area contributed by atoms with E-state index >= 15 is 0 Å². The topological polar surface area (TPSA) is 126 Å². The molecule has 196 valence electrons. The Balaban J connectivity index is 1.31. The highest BCUT2D eigenvalue weighted by atomic mass is 19.1. The van der Waals surface area contributed by atoms with Crippen molar-refractivity contribution in [2.75, 3.05) is 25.5 Å². The van der Waals surface area contributed by atoms with Crippen molar-refractivity contribution >= 4 is 28.6 Å². The standard InChI is InChI=1S/C28H31FN8O/c1-38-28-19(3-2-8-32-28)14-34-25-5-4-18(26(29)37-25)11-21-16-36-27-24(21)12-20(15-35-27)22(13-30)17-33-23-6-9-31-10-7-23/h2-5,8,12-13,15-17,23,31H,6-7,9-11,14,30H2,1H3,(H,34,37)(H,35,36). The van der Waals surface area contributed by atoms with Crippen LogP contribution in [0.3, 0.4) is 0 Å². The van der Waals surface area contributed by atoms with Crippen LogP contribution in [-0.2, 0) is 13.0 Å². The summed E-state index contributed by atoms with van der Waals surface area (Å²) >= 11 is 0. The first kappa shape index (κ1) is 25.3. The first-order chi connectivity index (χ1) is 18.6. The summed E-state index contributed by atoms with van der Waals surface area (Å²) in [5.41, 5.74) is 10.6. The van der Waals surface area contributed by atoms with Gasteiger partial charge in [0.25, 0.3) is 0 Å². The number of halogens is 1. The van der Waals surface area contributed by atoms with Crippen LogP contribution in [0.15, 0.2) is 60.1 Å². The van der Waals surface area contributed by atoms with E-state index in [1.807, 2.05) is 30.6 Å². The maximum atomic E-state index is 15.0. The molecule has 1 fully saturated rings. The molecule has 38 heavy (non-hydrogen) atoms. The van der Waals surface area contributed by atoms with Crippen LogP contribution in [0.25, 0.3) is 16.6 Å². The molecule has 0 aliphatic carbocycles. The van der Waals surface area contributed by atoms with Crippen molar-refractivity contribution in [2.24, 2.45) is 10.7 Å². The second-order valence-corrected chi connectivity index (χ2v) is 9.16.